The minimum Gasteiger partial charge on any atom is -0.336 e. The van der Waals surface area contributed by atoms with E-state index in [1.165, 1.54) is 28.4 Å². The summed E-state index contributed by atoms with van der Waals surface area (Å²) < 4.78 is 55.3. The molecule has 0 radical (unpaired) electrons. The normalized spacial score (nSPS) is 17.5. The Morgan fingerprint density at radius 3 is 2.79 bits per heavy atom. The van der Waals surface area contributed by atoms with Crippen molar-refractivity contribution in [2.75, 3.05) is 13.1 Å². The average molecular weight is 425 g/mol. The van der Waals surface area contributed by atoms with E-state index in [9.17, 15) is 22.4 Å². The van der Waals surface area contributed by atoms with Crippen molar-refractivity contribution in [1.82, 2.24) is 24.9 Å². The minimum absolute atomic E-state index is 0.0275. The first-order valence-electron chi connectivity index (χ1n) is 8.82. The van der Waals surface area contributed by atoms with Crippen molar-refractivity contribution in [3.05, 3.63) is 58.1 Å². The highest BCUT2D eigenvalue weighted by atomic mass is 32.1. The second kappa shape index (κ2) is 7.54. The van der Waals surface area contributed by atoms with Gasteiger partial charge in [0.2, 0.25) is 0 Å². The summed E-state index contributed by atoms with van der Waals surface area (Å²) in [5, 5.41) is 9.69. The van der Waals surface area contributed by atoms with Gasteiger partial charge in [0.05, 0.1) is 10.7 Å². The van der Waals surface area contributed by atoms with E-state index in [4.69, 9.17) is 0 Å². The lowest BCUT2D eigenvalue weighted by molar-refractivity contribution is -0.143. The number of piperidine rings is 1. The number of aromatic nitrogens is 4. The van der Waals surface area contributed by atoms with Gasteiger partial charge in [-0.1, -0.05) is 11.3 Å². The summed E-state index contributed by atoms with van der Waals surface area (Å²) in [6.45, 7) is 0.585. The predicted octanol–water partition coefficient (Wildman–Crippen LogP) is 3.90. The van der Waals surface area contributed by atoms with Gasteiger partial charge in [0.1, 0.15) is 5.82 Å². The maximum Gasteiger partial charge on any atom is 0.435 e. The fourth-order valence-corrected chi connectivity index (χ4v) is 4.19. The van der Waals surface area contributed by atoms with E-state index < -0.39 is 29.3 Å². The van der Waals surface area contributed by atoms with Gasteiger partial charge in [-0.15, -0.1) is 16.4 Å². The molecule has 1 amide bonds. The van der Waals surface area contributed by atoms with Gasteiger partial charge < -0.3 is 4.90 Å². The molecule has 1 aromatic carbocycles. The standard InChI is InChI=1S/C18H15F4N5OS/c19-12-4-1-5-13(9-12)27-15(18(20,21)22)14(24-25-27)17(28)26-7-2-3-11(10-26)16-23-6-8-29-16/h1,4-6,8-9,11H,2-3,7,10H2. The van der Waals surface area contributed by atoms with Gasteiger partial charge in [-0.25, -0.2) is 14.1 Å². The van der Waals surface area contributed by atoms with Crippen LogP contribution in [0.5, 0.6) is 0 Å². The van der Waals surface area contributed by atoms with Crippen LogP contribution in [0.2, 0.25) is 0 Å². The van der Waals surface area contributed by atoms with Crippen LogP contribution in [-0.2, 0) is 6.18 Å². The molecule has 1 atom stereocenters. The highest BCUT2D eigenvalue weighted by molar-refractivity contribution is 7.09. The van der Waals surface area contributed by atoms with Crippen LogP contribution >= 0.6 is 11.3 Å². The second-order valence-electron chi connectivity index (χ2n) is 6.64. The summed E-state index contributed by atoms with van der Waals surface area (Å²) in [5.74, 6) is -1.59. The number of carbonyl (C=O) groups excluding carboxylic acids is 1. The van der Waals surface area contributed by atoms with Crippen molar-refractivity contribution in [2.45, 2.75) is 24.9 Å². The van der Waals surface area contributed by atoms with Crippen LogP contribution in [0.1, 0.15) is 39.9 Å². The maximum absolute atomic E-state index is 13.8. The molecule has 3 aromatic rings. The fourth-order valence-electron chi connectivity index (χ4n) is 3.42. The average Bonchev–Trinajstić information content (AvgIpc) is 3.37. The van der Waals surface area contributed by atoms with E-state index in [0.29, 0.717) is 17.6 Å². The van der Waals surface area contributed by atoms with Gasteiger partial charge in [0, 0.05) is 30.6 Å². The van der Waals surface area contributed by atoms with Crippen molar-refractivity contribution in [2.24, 2.45) is 0 Å². The molecule has 0 aliphatic carbocycles. The topological polar surface area (TPSA) is 63.9 Å². The van der Waals surface area contributed by atoms with Crippen LogP contribution in [0.25, 0.3) is 5.69 Å². The number of hydrogen-bond donors (Lipinski definition) is 0. The Morgan fingerprint density at radius 1 is 1.28 bits per heavy atom. The SMILES string of the molecule is O=C(c1nnn(-c2cccc(F)c2)c1C(F)(F)F)N1CCCC(c2nccs2)C1. The Kier molecular flexibility index (Phi) is 5.07. The first-order valence-corrected chi connectivity index (χ1v) is 9.70. The zero-order valence-corrected chi connectivity index (χ0v) is 15.8. The van der Waals surface area contributed by atoms with Gasteiger partial charge in [-0.05, 0) is 31.0 Å². The van der Waals surface area contributed by atoms with Gasteiger partial charge in [-0.2, -0.15) is 13.2 Å². The number of halogens is 4. The number of amides is 1. The number of nitrogens with zero attached hydrogens (tertiary/aromatic N) is 5. The summed E-state index contributed by atoms with van der Waals surface area (Å²) in [5.41, 5.74) is -2.27. The lowest BCUT2D eigenvalue weighted by Crippen LogP contribution is -2.40. The minimum atomic E-state index is -4.90. The number of carbonyl (C=O) groups is 1. The molecule has 29 heavy (non-hydrogen) atoms. The second-order valence-corrected chi connectivity index (χ2v) is 7.56. The van der Waals surface area contributed by atoms with Crippen LogP contribution in [0, 0.1) is 5.82 Å². The van der Waals surface area contributed by atoms with Crippen LogP contribution in [0.15, 0.2) is 35.8 Å². The van der Waals surface area contributed by atoms with Crippen molar-refractivity contribution in [3.8, 4) is 5.69 Å². The van der Waals surface area contributed by atoms with Crippen molar-refractivity contribution < 1.29 is 22.4 Å². The summed E-state index contributed by atoms with van der Waals surface area (Å²) >= 11 is 1.45. The lowest BCUT2D eigenvalue weighted by Gasteiger charge is -2.31. The zero-order valence-electron chi connectivity index (χ0n) is 14.9. The third-order valence-corrected chi connectivity index (χ3v) is 5.64. The van der Waals surface area contributed by atoms with Crippen LogP contribution in [-0.4, -0.2) is 43.9 Å². The third kappa shape index (κ3) is 3.86. The van der Waals surface area contributed by atoms with Crippen molar-refractivity contribution in [3.63, 3.8) is 0 Å². The molecule has 0 bridgehead atoms. The van der Waals surface area contributed by atoms with Gasteiger partial charge >= 0.3 is 6.18 Å². The first-order chi connectivity index (χ1) is 13.8. The molecule has 3 heterocycles. The van der Waals surface area contributed by atoms with E-state index >= 15 is 0 Å². The molecule has 0 saturated carbocycles. The van der Waals surface area contributed by atoms with Gasteiger partial charge in [0.25, 0.3) is 5.91 Å². The Bertz CT molecular complexity index is 1020. The quantitative estimate of drug-likeness (QED) is 0.597. The highest BCUT2D eigenvalue weighted by Crippen LogP contribution is 2.35. The molecule has 6 nitrogen and oxygen atoms in total. The Morgan fingerprint density at radius 2 is 2.10 bits per heavy atom. The summed E-state index contributed by atoms with van der Waals surface area (Å²) in [6.07, 6.45) is -1.78. The molecule has 152 valence electrons. The third-order valence-electron chi connectivity index (χ3n) is 4.70. The summed E-state index contributed by atoms with van der Waals surface area (Å²) in [6, 6.07) is 4.53. The highest BCUT2D eigenvalue weighted by Gasteiger charge is 2.43. The molecular formula is C18H15F4N5OS. The largest absolute Gasteiger partial charge is 0.435 e. The van der Waals surface area contributed by atoms with Gasteiger partial charge in [0.15, 0.2) is 11.4 Å². The maximum atomic E-state index is 13.8. The number of likely N-dealkylation sites (tertiary alicyclic amines) is 1. The molecule has 0 spiro atoms. The predicted molar refractivity (Wildman–Crippen MR) is 96.3 cm³/mol. The molecule has 1 fully saturated rings. The molecule has 1 unspecified atom stereocenters. The smallest absolute Gasteiger partial charge is 0.336 e. The van der Waals surface area contributed by atoms with E-state index in [0.717, 1.165) is 23.6 Å². The zero-order chi connectivity index (χ0) is 20.6. The van der Waals surface area contributed by atoms with Crippen molar-refractivity contribution >= 4 is 17.2 Å². The summed E-state index contributed by atoms with van der Waals surface area (Å²) in [4.78, 5) is 18.5. The number of alkyl halides is 3. The molecule has 0 N–H and O–H groups in total. The van der Waals surface area contributed by atoms with Crippen LogP contribution < -0.4 is 0 Å². The molecule has 1 saturated heterocycles. The Labute approximate surface area is 166 Å². The van der Waals surface area contributed by atoms with E-state index in [1.807, 2.05) is 5.38 Å². The molecular weight excluding hydrogens is 410 g/mol. The number of hydrogen-bond acceptors (Lipinski definition) is 5. The van der Waals surface area contributed by atoms with Gasteiger partial charge in [-0.3, -0.25) is 4.79 Å². The van der Waals surface area contributed by atoms with Crippen LogP contribution in [0.4, 0.5) is 17.6 Å². The molecule has 2 aromatic heterocycles. The summed E-state index contributed by atoms with van der Waals surface area (Å²) in [7, 11) is 0. The number of rotatable bonds is 3. The molecule has 4 rings (SSSR count). The molecule has 1 aliphatic heterocycles. The number of thiazole rings is 1. The van der Waals surface area contributed by atoms with Crippen molar-refractivity contribution in [1.29, 1.82) is 0 Å². The fraction of sp³-hybridized carbons (Fsp3) is 0.333. The van der Waals surface area contributed by atoms with E-state index in [-0.39, 0.29) is 18.2 Å². The van der Waals surface area contributed by atoms with E-state index in [2.05, 4.69) is 15.3 Å². The molecule has 11 heteroatoms. The number of benzene rings is 1. The van der Waals surface area contributed by atoms with E-state index in [1.54, 1.807) is 6.20 Å². The Balaban J connectivity index is 1.68. The Hall–Kier alpha value is -2.82. The lowest BCUT2D eigenvalue weighted by atomic mass is 9.98. The molecule has 1 aliphatic rings. The monoisotopic (exact) mass is 425 g/mol. The first kappa shape index (κ1) is 19.5. The van der Waals surface area contributed by atoms with Crippen LogP contribution in [0.3, 0.4) is 0 Å².